The maximum absolute atomic E-state index is 12.4. The molecular weight excluding hydrogens is 325 g/mol. The van der Waals surface area contributed by atoms with Gasteiger partial charge in [0.25, 0.3) is 0 Å². The molecule has 0 radical (unpaired) electrons. The Morgan fingerprint density at radius 3 is 2.86 bits per heavy atom. The molecule has 2 amide bonds. The van der Waals surface area contributed by atoms with Crippen LogP contribution in [0.1, 0.15) is 12.8 Å². The summed E-state index contributed by atoms with van der Waals surface area (Å²) in [6.07, 6.45) is 1.39. The van der Waals surface area contributed by atoms with E-state index in [1.807, 2.05) is 13.1 Å². The van der Waals surface area contributed by atoms with Gasteiger partial charge in [-0.3, -0.25) is 9.59 Å². The van der Waals surface area contributed by atoms with E-state index in [-0.39, 0.29) is 24.2 Å². The highest BCUT2D eigenvalue weighted by Crippen LogP contribution is 2.27. The van der Waals surface area contributed by atoms with Gasteiger partial charge < -0.3 is 15.5 Å². The first-order valence-corrected chi connectivity index (χ1v) is 7.50. The molecule has 0 aliphatic carbocycles. The fourth-order valence-electron chi connectivity index (χ4n) is 2.42. The average Bonchev–Trinajstić information content (AvgIpc) is 2.85. The van der Waals surface area contributed by atoms with E-state index in [1.54, 1.807) is 23.1 Å². The van der Waals surface area contributed by atoms with Crippen molar-refractivity contribution < 1.29 is 9.59 Å². The number of anilines is 1. The number of nitrogens with one attached hydrogen (secondary N) is 2. The number of amides is 2. The summed E-state index contributed by atoms with van der Waals surface area (Å²) in [5.74, 6) is -0.914. The number of carbonyl (C=O) groups is 2. The highest BCUT2D eigenvalue weighted by atomic mass is 35.5. The van der Waals surface area contributed by atoms with E-state index in [0.29, 0.717) is 24.5 Å². The van der Waals surface area contributed by atoms with Crippen LogP contribution in [0.5, 0.6) is 0 Å². The lowest BCUT2D eigenvalue weighted by Crippen LogP contribution is -2.37. The Labute approximate surface area is 141 Å². The Morgan fingerprint density at radius 1 is 1.41 bits per heavy atom. The van der Waals surface area contributed by atoms with Gasteiger partial charge in [-0.15, -0.1) is 12.4 Å². The van der Waals surface area contributed by atoms with Gasteiger partial charge in [0.2, 0.25) is 11.8 Å². The molecule has 1 aliphatic rings. The molecule has 1 heterocycles. The summed E-state index contributed by atoms with van der Waals surface area (Å²) in [5.41, 5.74) is 0.748. The number of nitrogens with zero attached hydrogens (tertiary/aromatic N) is 1. The summed E-state index contributed by atoms with van der Waals surface area (Å²) in [6, 6.07) is 7.14. The third-order valence-electron chi connectivity index (χ3n) is 3.54. The molecule has 122 valence electrons. The van der Waals surface area contributed by atoms with E-state index < -0.39 is 5.92 Å². The lowest BCUT2D eigenvalue weighted by atomic mass is 10.1. The molecule has 1 fully saturated rings. The summed E-state index contributed by atoms with van der Waals surface area (Å²) in [7, 11) is 1.87. The number of rotatable bonds is 6. The van der Waals surface area contributed by atoms with E-state index in [4.69, 9.17) is 11.6 Å². The Hall–Kier alpha value is -1.30. The molecule has 5 nitrogen and oxygen atoms in total. The zero-order valence-corrected chi connectivity index (χ0v) is 14.0. The van der Waals surface area contributed by atoms with Crippen LogP contribution in [0.25, 0.3) is 0 Å². The third kappa shape index (κ3) is 4.60. The summed E-state index contributed by atoms with van der Waals surface area (Å²) >= 11 is 5.94. The SMILES string of the molecule is CNCCCNC(=O)C1CCN(c2cccc(Cl)c2)C1=O.Cl. The first kappa shape index (κ1) is 18.7. The molecule has 0 saturated carbocycles. The first-order valence-electron chi connectivity index (χ1n) is 7.12. The van der Waals surface area contributed by atoms with Gasteiger partial charge >= 0.3 is 0 Å². The third-order valence-corrected chi connectivity index (χ3v) is 3.78. The molecule has 7 heteroatoms. The summed E-state index contributed by atoms with van der Waals surface area (Å²) in [5, 5.41) is 6.42. The topological polar surface area (TPSA) is 61.4 Å². The Balaban J connectivity index is 0.00000242. The van der Waals surface area contributed by atoms with Crippen LogP contribution in [0.4, 0.5) is 5.69 Å². The fraction of sp³-hybridized carbons (Fsp3) is 0.467. The minimum Gasteiger partial charge on any atom is -0.355 e. The van der Waals surface area contributed by atoms with Crippen LogP contribution in [0.3, 0.4) is 0 Å². The molecule has 1 saturated heterocycles. The molecule has 2 N–H and O–H groups in total. The molecule has 0 bridgehead atoms. The zero-order chi connectivity index (χ0) is 15.2. The molecule has 0 aromatic heterocycles. The maximum Gasteiger partial charge on any atom is 0.239 e. The van der Waals surface area contributed by atoms with Crippen molar-refractivity contribution in [2.45, 2.75) is 12.8 Å². The maximum atomic E-state index is 12.4. The van der Waals surface area contributed by atoms with Crippen molar-refractivity contribution in [1.29, 1.82) is 0 Å². The van der Waals surface area contributed by atoms with Crippen LogP contribution in [0, 0.1) is 5.92 Å². The largest absolute Gasteiger partial charge is 0.355 e. The second-order valence-electron chi connectivity index (χ2n) is 5.06. The number of carbonyl (C=O) groups excluding carboxylic acids is 2. The van der Waals surface area contributed by atoms with Gasteiger partial charge in [0.15, 0.2) is 0 Å². The molecule has 1 atom stereocenters. The van der Waals surface area contributed by atoms with Gasteiger partial charge in [-0.1, -0.05) is 17.7 Å². The van der Waals surface area contributed by atoms with Crippen molar-refractivity contribution in [1.82, 2.24) is 10.6 Å². The Kier molecular flexibility index (Phi) is 7.65. The Bertz CT molecular complexity index is 525. The van der Waals surface area contributed by atoms with Crippen molar-refractivity contribution in [2.24, 2.45) is 5.92 Å². The van der Waals surface area contributed by atoms with Crippen molar-refractivity contribution in [2.75, 3.05) is 31.6 Å². The van der Waals surface area contributed by atoms with Crippen molar-refractivity contribution in [3.63, 3.8) is 0 Å². The minimum atomic E-state index is -0.585. The van der Waals surface area contributed by atoms with Gasteiger partial charge in [0.1, 0.15) is 5.92 Å². The number of halogens is 2. The summed E-state index contributed by atoms with van der Waals surface area (Å²) < 4.78 is 0. The van der Waals surface area contributed by atoms with Crippen LogP contribution in [-0.2, 0) is 9.59 Å². The monoisotopic (exact) mass is 345 g/mol. The summed E-state index contributed by atoms with van der Waals surface area (Å²) in [4.78, 5) is 26.0. The lowest BCUT2D eigenvalue weighted by Gasteiger charge is -2.17. The van der Waals surface area contributed by atoms with E-state index >= 15 is 0 Å². The van der Waals surface area contributed by atoms with Crippen molar-refractivity contribution >= 4 is 41.5 Å². The van der Waals surface area contributed by atoms with E-state index in [2.05, 4.69) is 10.6 Å². The number of benzene rings is 1. The highest BCUT2D eigenvalue weighted by Gasteiger charge is 2.37. The molecule has 1 aromatic rings. The molecule has 0 spiro atoms. The van der Waals surface area contributed by atoms with Crippen LogP contribution in [0.15, 0.2) is 24.3 Å². The molecule has 1 aliphatic heterocycles. The van der Waals surface area contributed by atoms with E-state index in [0.717, 1.165) is 18.7 Å². The van der Waals surface area contributed by atoms with Crippen molar-refractivity contribution in [3.8, 4) is 0 Å². The molecule has 2 rings (SSSR count). The van der Waals surface area contributed by atoms with Gasteiger partial charge in [-0.05, 0) is 44.6 Å². The second kappa shape index (κ2) is 8.98. The first-order chi connectivity index (χ1) is 10.1. The fourth-order valence-corrected chi connectivity index (χ4v) is 2.61. The van der Waals surface area contributed by atoms with Gasteiger partial charge in [-0.25, -0.2) is 0 Å². The number of hydrogen-bond acceptors (Lipinski definition) is 3. The van der Waals surface area contributed by atoms with Crippen LogP contribution < -0.4 is 15.5 Å². The quantitative estimate of drug-likeness (QED) is 0.610. The normalized spacial score (nSPS) is 17.3. The molecule has 1 unspecified atom stereocenters. The van der Waals surface area contributed by atoms with Crippen molar-refractivity contribution in [3.05, 3.63) is 29.3 Å². The standard InChI is InChI=1S/C15H20ClN3O2.ClH/c1-17-7-3-8-18-14(20)13-6-9-19(15(13)21)12-5-2-4-11(16)10-12;/h2,4-5,10,13,17H,3,6-9H2,1H3,(H,18,20);1H. The second-order valence-corrected chi connectivity index (χ2v) is 5.50. The lowest BCUT2D eigenvalue weighted by molar-refractivity contribution is -0.132. The highest BCUT2D eigenvalue weighted by molar-refractivity contribution is 6.31. The molecule has 22 heavy (non-hydrogen) atoms. The van der Waals surface area contributed by atoms with E-state index in [1.165, 1.54) is 0 Å². The zero-order valence-electron chi connectivity index (χ0n) is 12.5. The summed E-state index contributed by atoms with van der Waals surface area (Å²) in [6.45, 7) is 1.97. The van der Waals surface area contributed by atoms with Gasteiger partial charge in [0, 0.05) is 23.8 Å². The van der Waals surface area contributed by atoms with Crippen LogP contribution in [0.2, 0.25) is 5.02 Å². The predicted octanol–water partition coefficient (Wildman–Crippen LogP) is 1.84. The average molecular weight is 346 g/mol. The smallest absolute Gasteiger partial charge is 0.239 e. The van der Waals surface area contributed by atoms with Crippen LogP contribution in [-0.4, -0.2) is 38.5 Å². The number of hydrogen-bond donors (Lipinski definition) is 2. The molecule has 1 aromatic carbocycles. The van der Waals surface area contributed by atoms with Gasteiger partial charge in [0.05, 0.1) is 0 Å². The minimum absolute atomic E-state index is 0. The predicted molar refractivity (Wildman–Crippen MR) is 90.7 cm³/mol. The Morgan fingerprint density at radius 2 is 2.18 bits per heavy atom. The molecular formula is C15H21Cl2N3O2. The van der Waals surface area contributed by atoms with Gasteiger partial charge in [-0.2, -0.15) is 0 Å². The van der Waals surface area contributed by atoms with E-state index in [9.17, 15) is 9.59 Å². The van der Waals surface area contributed by atoms with Crippen LogP contribution >= 0.6 is 24.0 Å².